The summed E-state index contributed by atoms with van der Waals surface area (Å²) in [4.78, 5) is 23.2. The summed E-state index contributed by atoms with van der Waals surface area (Å²) in [5.74, 6) is -1.37. The summed E-state index contributed by atoms with van der Waals surface area (Å²) in [5, 5.41) is 12.1. The molecule has 0 heterocycles. The van der Waals surface area contributed by atoms with Crippen molar-refractivity contribution < 1.29 is 14.7 Å². The van der Waals surface area contributed by atoms with E-state index in [0.29, 0.717) is 18.8 Å². The molecule has 98 valence electrons. The van der Waals surface area contributed by atoms with E-state index in [-0.39, 0.29) is 17.9 Å². The minimum absolute atomic E-state index is 0.0846. The van der Waals surface area contributed by atoms with Crippen LogP contribution in [0.15, 0.2) is 0 Å². The molecule has 0 aromatic carbocycles. The molecule has 0 saturated heterocycles. The highest BCUT2D eigenvalue weighted by Crippen LogP contribution is 2.34. The fourth-order valence-electron chi connectivity index (χ4n) is 2.42. The number of nitrogens with one attached hydrogen (secondary N) is 1. The van der Waals surface area contributed by atoms with Crippen molar-refractivity contribution in [2.24, 2.45) is 17.8 Å². The van der Waals surface area contributed by atoms with Crippen LogP contribution in [0, 0.1) is 17.8 Å². The van der Waals surface area contributed by atoms with Crippen molar-refractivity contribution in [1.29, 1.82) is 0 Å². The number of amides is 1. The normalized spacial score (nSPS) is 30.6. The highest BCUT2D eigenvalue weighted by Gasteiger charge is 2.38. The van der Waals surface area contributed by atoms with Gasteiger partial charge in [0.15, 0.2) is 0 Å². The fraction of sp³-hybridized carbons (Fsp3) is 0.846. The Bertz CT molecular complexity index is 290. The highest BCUT2D eigenvalue weighted by molar-refractivity contribution is 5.85. The first-order valence-electron chi connectivity index (χ1n) is 6.48. The predicted molar refractivity (Wildman–Crippen MR) is 65.5 cm³/mol. The Morgan fingerprint density at radius 1 is 1.35 bits per heavy atom. The van der Waals surface area contributed by atoms with Gasteiger partial charge < -0.3 is 10.4 Å². The molecule has 1 fully saturated rings. The van der Waals surface area contributed by atoms with Crippen LogP contribution in [0.25, 0.3) is 0 Å². The van der Waals surface area contributed by atoms with Crippen LogP contribution in [0.3, 0.4) is 0 Å². The van der Waals surface area contributed by atoms with E-state index < -0.39 is 11.9 Å². The quantitative estimate of drug-likeness (QED) is 0.791. The molecule has 0 spiro atoms. The van der Waals surface area contributed by atoms with Crippen molar-refractivity contribution in [2.75, 3.05) is 0 Å². The molecule has 4 unspecified atom stereocenters. The molecular weight excluding hydrogens is 218 g/mol. The number of aliphatic carboxylic acids is 1. The maximum atomic E-state index is 12.0. The second-order valence-electron chi connectivity index (χ2n) is 5.29. The van der Waals surface area contributed by atoms with Crippen molar-refractivity contribution in [3.63, 3.8) is 0 Å². The number of carbonyl (C=O) groups excluding carboxylic acids is 1. The number of carboxylic acids is 1. The monoisotopic (exact) mass is 241 g/mol. The molecule has 0 aromatic rings. The lowest BCUT2D eigenvalue weighted by Gasteiger charge is -2.32. The topological polar surface area (TPSA) is 66.4 Å². The first-order chi connectivity index (χ1) is 7.95. The SMILES string of the molecule is CCC(C)NC(=O)C1CCC(C)CC1C(=O)O. The van der Waals surface area contributed by atoms with Gasteiger partial charge >= 0.3 is 5.97 Å². The number of rotatable bonds is 4. The molecule has 0 radical (unpaired) electrons. The van der Waals surface area contributed by atoms with Crippen LogP contribution in [0.1, 0.15) is 46.5 Å². The Morgan fingerprint density at radius 2 is 2.00 bits per heavy atom. The van der Waals surface area contributed by atoms with Crippen LogP contribution in [-0.2, 0) is 9.59 Å². The van der Waals surface area contributed by atoms with Gasteiger partial charge in [0, 0.05) is 6.04 Å². The molecule has 4 nitrogen and oxygen atoms in total. The molecule has 1 aliphatic carbocycles. The molecule has 0 bridgehead atoms. The van der Waals surface area contributed by atoms with Gasteiger partial charge in [-0.15, -0.1) is 0 Å². The molecule has 2 N–H and O–H groups in total. The Labute approximate surface area is 103 Å². The molecular formula is C13H23NO3. The second kappa shape index (κ2) is 6.03. The van der Waals surface area contributed by atoms with E-state index in [1.165, 1.54) is 0 Å². The maximum absolute atomic E-state index is 12.0. The fourth-order valence-corrected chi connectivity index (χ4v) is 2.42. The molecule has 4 atom stereocenters. The number of carbonyl (C=O) groups is 2. The first kappa shape index (κ1) is 14.0. The number of carboxylic acid groups (broad SMARTS) is 1. The minimum atomic E-state index is -0.833. The smallest absolute Gasteiger partial charge is 0.307 e. The summed E-state index contributed by atoms with van der Waals surface area (Å²) < 4.78 is 0. The van der Waals surface area contributed by atoms with E-state index in [2.05, 4.69) is 12.2 Å². The predicted octanol–water partition coefficient (Wildman–Crippen LogP) is 2.04. The Kier molecular flexibility index (Phi) is 4.97. The van der Waals surface area contributed by atoms with Crippen molar-refractivity contribution >= 4 is 11.9 Å². The van der Waals surface area contributed by atoms with E-state index in [1.54, 1.807) is 0 Å². The number of hydrogen-bond acceptors (Lipinski definition) is 2. The summed E-state index contributed by atoms with van der Waals surface area (Å²) >= 11 is 0. The van der Waals surface area contributed by atoms with Gasteiger partial charge in [0.2, 0.25) is 5.91 Å². The van der Waals surface area contributed by atoms with Gasteiger partial charge in [0.1, 0.15) is 0 Å². The summed E-state index contributed by atoms with van der Waals surface area (Å²) in [6.45, 7) is 6.00. The van der Waals surface area contributed by atoms with Gasteiger partial charge in [-0.3, -0.25) is 9.59 Å². The van der Waals surface area contributed by atoms with Crippen LogP contribution in [-0.4, -0.2) is 23.0 Å². The van der Waals surface area contributed by atoms with Crippen molar-refractivity contribution in [2.45, 2.75) is 52.5 Å². The van der Waals surface area contributed by atoms with Crippen LogP contribution in [0.2, 0.25) is 0 Å². The van der Waals surface area contributed by atoms with Crippen molar-refractivity contribution in [3.05, 3.63) is 0 Å². The first-order valence-corrected chi connectivity index (χ1v) is 6.48. The zero-order valence-corrected chi connectivity index (χ0v) is 10.9. The minimum Gasteiger partial charge on any atom is -0.481 e. The van der Waals surface area contributed by atoms with Crippen molar-refractivity contribution in [1.82, 2.24) is 5.32 Å². The van der Waals surface area contributed by atoms with Gasteiger partial charge in [-0.25, -0.2) is 0 Å². The van der Waals surface area contributed by atoms with Gasteiger partial charge in [0.25, 0.3) is 0 Å². The summed E-state index contributed by atoms with van der Waals surface area (Å²) in [6.07, 6.45) is 3.13. The Hall–Kier alpha value is -1.06. The summed E-state index contributed by atoms with van der Waals surface area (Å²) in [7, 11) is 0. The third kappa shape index (κ3) is 3.72. The molecule has 1 saturated carbocycles. The third-order valence-corrected chi connectivity index (χ3v) is 3.77. The van der Waals surface area contributed by atoms with E-state index >= 15 is 0 Å². The van der Waals surface area contributed by atoms with Crippen LogP contribution < -0.4 is 5.32 Å². The lowest BCUT2D eigenvalue weighted by Crippen LogP contribution is -2.44. The maximum Gasteiger partial charge on any atom is 0.307 e. The molecule has 1 rings (SSSR count). The van der Waals surface area contributed by atoms with E-state index in [0.717, 1.165) is 12.8 Å². The van der Waals surface area contributed by atoms with E-state index in [9.17, 15) is 14.7 Å². The molecule has 17 heavy (non-hydrogen) atoms. The largest absolute Gasteiger partial charge is 0.481 e. The molecule has 0 aromatic heterocycles. The lowest BCUT2D eigenvalue weighted by molar-refractivity contribution is -0.149. The Balaban J connectivity index is 2.66. The molecule has 1 aliphatic rings. The molecule has 1 amide bonds. The summed E-state index contributed by atoms with van der Waals surface area (Å²) in [5.41, 5.74) is 0. The number of hydrogen-bond donors (Lipinski definition) is 2. The van der Waals surface area contributed by atoms with Gasteiger partial charge in [-0.1, -0.05) is 13.8 Å². The Morgan fingerprint density at radius 3 is 2.53 bits per heavy atom. The zero-order valence-electron chi connectivity index (χ0n) is 10.9. The molecule has 0 aliphatic heterocycles. The van der Waals surface area contributed by atoms with E-state index in [4.69, 9.17) is 0 Å². The zero-order chi connectivity index (χ0) is 13.0. The van der Waals surface area contributed by atoms with Crippen LogP contribution in [0.5, 0.6) is 0 Å². The second-order valence-corrected chi connectivity index (χ2v) is 5.29. The average Bonchev–Trinajstić information content (AvgIpc) is 2.28. The van der Waals surface area contributed by atoms with Gasteiger partial charge in [-0.2, -0.15) is 0 Å². The van der Waals surface area contributed by atoms with Gasteiger partial charge in [-0.05, 0) is 38.5 Å². The average molecular weight is 241 g/mol. The third-order valence-electron chi connectivity index (χ3n) is 3.77. The highest BCUT2D eigenvalue weighted by atomic mass is 16.4. The molecule has 4 heteroatoms. The summed E-state index contributed by atoms with van der Waals surface area (Å²) in [6, 6.07) is 0.122. The van der Waals surface area contributed by atoms with E-state index in [1.807, 2.05) is 13.8 Å². The lowest BCUT2D eigenvalue weighted by atomic mass is 9.74. The van der Waals surface area contributed by atoms with Gasteiger partial charge in [0.05, 0.1) is 11.8 Å². The standard InChI is InChI=1S/C13H23NO3/c1-4-9(3)14-12(15)10-6-5-8(2)7-11(10)13(16)17/h8-11H,4-7H2,1-3H3,(H,14,15)(H,16,17). The van der Waals surface area contributed by atoms with Crippen LogP contribution in [0.4, 0.5) is 0 Å². The van der Waals surface area contributed by atoms with Crippen molar-refractivity contribution in [3.8, 4) is 0 Å². The van der Waals surface area contributed by atoms with Crippen LogP contribution >= 0.6 is 0 Å².